The van der Waals surface area contributed by atoms with Gasteiger partial charge in [0, 0.05) is 25.3 Å². The first-order chi connectivity index (χ1) is 9.11. The Morgan fingerprint density at radius 2 is 2.21 bits per heavy atom. The van der Waals surface area contributed by atoms with Gasteiger partial charge < -0.3 is 9.88 Å². The molecule has 1 N–H and O–H groups in total. The number of hydrogen-bond donors (Lipinski definition) is 1. The molecule has 3 atom stereocenters. The average Bonchev–Trinajstić information content (AvgIpc) is 2.83. The van der Waals surface area contributed by atoms with E-state index in [1.54, 1.807) is 0 Å². The number of imidazole rings is 1. The Morgan fingerprint density at radius 1 is 1.42 bits per heavy atom. The predicted molar refractivity (Wildman–Crippen MR) is 79.9 cm³/mol. The van der Waals surface area contributed by atoms with E-state index < -0.39 is 0 Å². The molecule has 0 amide bonds. The van der Waals surface area contributed by atoms with Crippen LogP contribution in [0.5, 0.6) is 0 Å². The lowest BCUT2D eigenvalue weighted by molar-refractivity contribution is 0.168. The molecule has 108 valence electrons. The minimum Gasteiger partial charge on any atom is -0.334 e. The van der Waals surface area contributed by atoms with Crippen molar-refractivity contribution in [3.05, 3.63) is 18.2 Å². The Balaban J connectivity index is 1.95. The van der Waals surface area contributed by atoms with Crippen molar-refractivity contribution in [2.75, 3.05) is 0 Å². The Labute approximate surface area is 117 Å². The van der Waals surface area contributed by atoms with Crippen molar-refractivity contribution >= 4 is 0 Å². The molecule has 3 unspecified atom stereocenters. The number of aromatic nitrogens is 2. The molecular formula is C16H29N3. The quantitative estimate of drug-likeness (QED) is 0.881. The normalized spacial score (nSPS) is 27.9. The zero-order chi connectivity index (χ0) is 13.8. The molecule has 0 aliphatic heterocycles. The van der Waals surface area contributed by atoms with E-state index in [1.165, 1.54) is 25.0 Å². The Kier molecular flexibility index (Phi) is 5.03. The molecule has 3 heteroatoms. The predicted octanol–water partition coefficient (Wildman–Crippen LogP) is 3.45. The minimum atomic E-state index is 0.670. The molecule has 0 aromatic carbocycles. The fraction of sp³-hybridized carbons (Fsp3) is 0.812. The summed E-state index contributed by atoms with van der Waals surface area (Å²) in [5, 5.41) is 3.80. The molecule has 1 aliphatic carbocycles. The minimum absolute atomic E-state index is 0.670. The Bertz CT molecular complexity index is 383. The van der Waals surface area contributed by atoms with Gasteiger partial charge in [0.25, 0.3) is 0 Å². The van der Waals surface area contributed by atoms with Gasteiger partial charge in [0.1, 0.15) is 0 Å². The second kappa shape index (κ2) is 6.56. The lowest BCUT2D eigenvalue weighted by Gasteiger charge is -2.38. The lowest BCUT2D eigenvalue weighted by Crippen LogP contribution is -2.42. The van der Waals surface area contributed by atoms with Crippen LogP contribution in [-0.4, -0.2) is 15.6 Å². The fourth-order valence-electron chi connectivity index (χ4n) is 3.45. The van der Waals surface area contributed by atoms with Gasteiger partial charge in [0.05, 0.1) is 12.0 Å². The van der Waals surface area contributed by atoms with Crippen molar-refractivity contribution in [3.8, 4) is 0 Å². The van der Waals surface area contributed by atoms with E-state index in [0.717, 1.165) is 30.8 Å². The van der Waals surface area contributed by atoms with Gasteiger partial charge in [0.15, 0.2) is 0 Å². The lowest BCUT2D eigenvalue weighted by atomic mass is 9.74. The van der Waals surface area contributed by atoms with E-state index in [1.807, 2.05) is 12.5 Å². The number of nitrogens with one attached hydrogen (secondary N) is 1. The molecule has 1 fully saturated rings. The van der Waals surface area contributed by atoms with Gasteiger partial charge in [-0.15, -0.1) is 0 Å². The molecule has 0 saturated heterocycles. The van der Waals surface area contributed by atoms with Crippen LogP contribution in [0.1, 0.15) is 52.7 Å². The van der Waals surface area contributed by atoms with Crippen LogP contribution >= 0.6 is 0 Å². The summed E-state index contributed by atoms with van der Waals surface area (Å²) in [5.74, 6) is 2.47. The topological polar surface area (TPSA) is 29.9 Å². The van der Waals surface area contributed by atoms with Crippen LogP contribution in [0.3, 0.4) is 0 Å². The van der Waals surface area contributed by atoms with Gasteiger partial charge in [-0.3, -0.25) is 0 Å². The van der Waals surface area contributed by atoms with E-state index in [0.29, 0.717) is 6.04 Å². The molecule has 0 radical (unpaired) electrons. The molecule has 2 rings (SSSR count). The average molecular weight is 263 g/mol. The highest BCUT2D eigenvalue weighted by atomic mass is 15.1. The summed E-state index contributed by atoms with van der Waals surface area (Å²) in [7, 11) is 0. The van der Waals surface area contributed by atoms with Crippen LogP contribution in [-0.2, 0) is 13.1 Å². The summed E-state index contributed by atoms with van der Waals surface area (Å²) in [5.41, 5.74) is 1.31. The van der Waals surface area contributed by atoms with Gasteiger partial charge in [-0.25, -0.2) is 4.98 Å². The maximum atomic E-state index is 4.25. The summed E-state index contributed by atoms with van der Waals surface area (Å²) in [6.07, 6.45) is 8.02. The van der Waals surface area contributed by atoms with Gasteiger partial charge in [-0.1, -0.05) is 27.2 Å². The number of hydrogen-bond acceptors (Lipinski definition) is 2. The summed E-state index contributed by atoms with van der Waals surface area (Å²) in [4.78, 5) is 4.25. The summed E-state index contributed by atoms with van der Waals surface area (Å²) in [6, 6.07) is 0.670. The Hall–Kier alpha value is -0.830. The van der Waals surface area contributed by atoms with E-state index >= 15 is 0 Å². The third kappa shape index (κ3) is 3.59. The second-order valence-corrected chi connectivity index (χ2v) is 6.48. The first-order valence-corrected chi connectivity index (χ1v) is 7.84. The van der Waals surface area contributed by atoms with Crippen LogP contribution in [0.4, 0.5) is 0 Å². The standard InChI is InChI=1S/C16H29N3/c1-5-19-11-17-9-14(19)10-18-16-8-13(4)6-7-15(16)12(2)3/h9,11-13,15-16,18H,5-8,10H2,1-4H3. The van der Waals surface area contributed by atoms with Crippen LogP contribution in [0.15, 0.2) is 12.5 Å². The molecule has 19 heavy (non-hydrogen) atoms. The first-order valence-electron chi connectivity index (χ1n) is 7.84. The van der Waals surface area contributed by atoms with Crippen LogP contribution in [0.25, 0.3) is 0 Å². The highest BCUT2D eigenvalue weighted by Gasteiger charge is 2.30. The van der Waals surface area contributed by atoms with Gasteiger partial charge >= 0.3 is 0 Å². The molecule has 3 nitrogen and oxygen atoms in total. The fourth-order valence-corrected chi connectivity index (χ4v) is 3.45. The smallest absolute Gasteiger partial charge is 0.0948 e. The summed E-state index contributed by atoms with van der Waals surface area (Å²) >= 11 is 0. The molecule has 1 aromatic rings. The molecule has 1 saturated carbocycles. The number of rotatable bonds is 5. The zero-order valence-corrected chi connectivity index (χ0v) is 12.9. The molecule has 1 aliphatic rings. The van der Waals surface area contributed by atoms with Crippen molar-refractivity contribution < 1.29 is 0 Å². The van der Waals surface area contributed by atoms with Crippen molar-refractivity contribution in [1.29, 1.82) is 0 Å². The van der Waals surface area contributed by atoms with Gasteiger partial charge in [-0.2, -0.15) is 0 Å². The van der Waals surface area contributed by atoms with Crippen molar-refractivity contribution in [1.82, 2.24) is 14.9 Å². The molecule has 1 aromatic heterocycles. The maximum absolute atomic E-state index is 4.25. The second-order valence-electron chi connectivity index (χ2n) is 6.48. The maximum Gasteiger partial charge on any atom is 0.0948 e. The Morgan fingerprint density at radius 3 is 2.89 bits per heavy atom. The van der Waals surface area contributed by atoms with Gasteiger partial charge in [0.2, 0.25) is 0 Å². The summed E-state index contributed by atoms with van der Waals surface area (Å²) in [6.45, 7) is 11.3. The highest BCUT2D eigenvalue weighted by molar-refractivity contribution is 4.99. The SMILES string of the molecule is CCn1cncc1CNC1CC(C)CCC1C(C)C. The largest absolute Gasteiger partial charge is 0.334 e. The third-order valence-electron chi connectivity index (χ3n) is 4.71. The molecule has 0 bridgehead atoms. The van der Waals surface area contributed by atoms with E-state index in [4.69, 9.17) is 0 Å². The molecular weight excluding hydrogens is 234 g/mol. The van der Waals surface area contributed by atoms with Gasteiger partial charge in [-0.05, 0) is 37.5 Å². The number of aryl methyl sites for hydroxylation is 1. The van der Waals surface area contributed by atoms with Crippen LogP contribution in [0, 0.1) is 17.8 Å². The zero-order valence-electron chi connectivity index (χ0n) is 12.9. The van der Waals surface area contributed by atoms with E-state index in [2.05, 4.69) is 42.6 Å². The van der Waals surface area contributed by atoms with Crippen LogP contribution in [0.2, 0.25) is 0 Å². The first kappa shape index (κ1) is 14.6. The van der Waals surface area contributed by atoms with Crippen molar-refractivity contribution in [3.63, 3.8) is 0 Å². The van der Waals surface area contributed by atoms with E-state index in [-0.39, 0.29) is 0 Å². The number of nitrogens with zero attached hydrogens (tertiary/aromatic N) is 2. The molecule has 1 heterocycles. The van der Waals surface area contributed by atoms with Crippen molar-refractivity contribution in [2.45, 2.75) is 66.1 Å². The summed E-state index contributed by atoms with van der Waals surface area (Å²) < 4.78 is 2.23. The monoisotopic (exact) mass is 263 g/mol. The molecule has 0 spiro atoms. The van der Waals surface area contributed by atoms with Crippen molar-refractivity contribution in [2.24, 2.45) is 17.8 Å². The highest BCUT2D eigenvalue weighted by Crippen LogP contribution is 2.33. The van der Waals surface area contributed by atoms with Crippen LogP contribution < -0.4 is 5.32 Å². The third-order valence-corrected chi connectivity index (χ3v) is 4.71. The van der Waals surface area contributed by atoms with E-state index in [9.17, 15) is 0 Å².